The number of nitrogens with two attached hydrogens (primary N) is 1. The van der Waals surface area contributed by atoms with Crippen molar-refractivity contribution >= 4 is 23.2 Å². The quantitative estimate of drug-likeness (QED) is 0.313. The average Bonchev–Trinajstić information content (AvgIpc) is 3.78. The number of rotatable bonds is 7. The molecule has 5 aliphatic rings. The van der Waals surface area contributed by atoms with Gasteiger partial charge in [0.1, 0.15) is 28.7 Å². The number of aromatic hydroxyl groups is 1. The molecule has 40 heavy (non-hydrogen) atoms. The number of hydrogen-bond acceptors (Lipinski definition) is 9. The summed E-state index contributed by atoms with van der Waals surface area (Å²) in [5.74, 6) is -7.40. The molecule has 11 heteroatoms. The van der Waals surface area contributed by atoms with Gasteiger partial charge in [0.15, 0.2) is 11.4 Å². The van der Waals surface area contributed by atoms with Crippen LogP contribution >= 0.6 is 0 Å². The number of benzene rings is 1. The van der Waals surface area contributed by atoms with Gasteiger partial charge in [-0.15, -0.1) is 0 Å². The van der Waals surface area contributed by atoms with Crippen LogP contribution in [0.1, 0.15) is 48.8 Å². The SMILES string of the molecule is CN(C)[C@@H]1C(=O)C(C(N)=O)=C(O)[C@@]2(O)C(=O)C3=C(O)c4c(O)cc(CN(CC5CC5)C5CC5)c(F)c4C[C@H]3C[C@@H]12. The highest BCUT2D eigenvalue weighted by atomic mass is 19.1. The van der Waals surface area contributed by atoms with E-state index in [1.165, 1.54) is 25.1 Å². The van der Waals surface area contributed by atoms with Crippen molar-refractivity contribution < 1.29 is 39.2 Å². The Morgan fingerprint density at radius 1 is 1.15 bits per heavy atom. The van der Waals surface area contributed by atoms with Crippen LogP contribution in [0, 0.1) is 23.6 Å². The molecule has 0 unspecified atom stereocenters. The van der Waals surface area contributed by atoms with Gasteiger partial charge in [0.2, 0.25) is 5.78 Å². The van der Waals surface area contributed by atoms with Crippen LogP contribution in [0.2, 0.25) is 0 Å². The van der Waals surface area contributed by atoms with Gasteiger partial charge in [-0.25, -0.2) is 4.39 Å². The number of carbonyl (C=O) groups excluding carboxylic acids is 3. The van der Waals surface area contributed by atoms with Gasteiger partial charge in [-0.3, -0.25) is 24.2 Å². The van der Waals surface area contributed by atoms with Crippen molar-refractivity contribution in [2.24, 2.45) is 23.5 Å². The smallest absolute Gasteiger partial charge is 0.255 e. The Morgan fingerprint density at radius 3 is 2.40 bits per heavy atom. The first-order valence-electron chi connectivity index (χ1n) is 13.8. The first-order chi connectivity index (χ1) is 18.9. The van der Waals surface area contributed by atoms with Crippen LogP contribution in [0.15, 0.2) is 23.0 Å². The standard InChI is InChI=1S/C29H34FN3O7/c1-32(2)23-17-8-13-7-16-20(18(34)9-14(22(16)30)11-33(15-5-6-15)10-12-3-4-12)24(35)19(13)26(37)29(17,40)27(38)21(25(23)36)28(31)39/h9,12-13,15,17,23,34-35,38,40H,3-8,10-11H2,1-2H3,(H2,31,39)/t13-,17-,23-,29-/m0/s1. The number of primary amides is 1. The number of nitrogens with zero attached hydrogens (tertiary/aromatic N) is 2. The summed E-state index contributed by atoms with van der Waals surface area (Å²) in [7, 11) is 3.06. The van der Waals surface area contributed by atoms with Crippen LogP contribution in [-0.2, 0) is 27.3 Å². The predicted octanol–water partition coefficient (Wildman–Crippen LogP) is 1.48. The van der Waals surface area contributed by atoms with Crippen LogP contribution in [0.25, 0.3) is 5.76 Å². The number of hydrogen-bond donors (Lipinski definition) is 5. The number of phenolic OH excluding ortho intramolecular Hbond substituents is 1. The van der Waals surface area contributed by atoms with Gasteiger partial charge < -0.3 is 26.2 Å². The summed E-state index contributed by atoms with van der Waals surface area (Å²) < 4.78 is 16.1. The van der Waals surface area contributed by atoms with Gasteiger partial charge in [-0.1, -0.05) is 0 Å². The first-order valence-corrected chi connectivity index (χ1v) is 13.8. The van der Waals surface area contributed by atoms with Crippen molar-refractivity contribution in [2.45, 2.75) is 62.8 Å². The highest BCUT2D eigenvalue weighted by Crippen LogP contribution is 2.53. The van der Waals surface area contributed by atoms with Gasteiger partial charge in [-0.05, 0) is 70.5 Å². The van der Waals surface area contributed by atoms with Gasteiger partial charge in [0, 0.05) is 41.7 Å². The van der Waals surface area contributed by atoms with Crippen molar-refractivity contribution in [3.05, 3.63) is 45.5 Å². The maximum atomic E-state index is 16.1. The van der Waals surface area contributed by atoms with E-state index in [1.807, 2.05) is 0 Å². The number of aliphatic hydroxyl groups is 3. The lowest BCUT2D eigenvalue weighted by molar-refractivity contribution is -0.153. The number of carbonyl (C=O) groups is 3. The lowest BCUT2D eigenvalue weighted by Gasteiger charge is -2.50. The van der Waals surface area contributed by atoms with E-state index in [4.69, 9.17) is 5.73 Å². The minimum atomic E-state index is -2.72. The van der Waals surface area contributed by atoms with Crippen molar-refractivity contribution in [1.82, 2.24) is 9.80 Å². The summed E-state index contributed by atoms with van der Waals surface area (Å²) in [4.78, 5) is 42.8. The van der Waals surface area contributed by atoms with Gasteiger partial charge in [-0.2, -0.15) is 0 Å². The predicted molar refractivity (Wildman–Crippen MR) is 140 cm³/mol. The van der Waals surface area contributed by atoms with Gasteiger partial charge in [0.05, 0.1) is 11.6 Å². The second kappa shape index (κ2) is 9.12. The lowest BCUT2D eigenvalue weighted by Crippen LogP contribution is -2.65. The zero-order valence-corrected chi connectivity index (χ0v) is 22.5. The molecule has 1 amide bonds. The molecule has 6 N–H and O–H groups in total. The zero-order chi connectivity index (χ0) is 28.8. The van der Waals surface area contributed by atoms with E-state index >= 15 is 4.39 Å². The van der Waals surface area contributed by atoms with Crippen LogP contribution in [-0.4, -0.2) is 86.0 Å². The number of halogens is 1. The molecular weight excluding hydrogens is 521 g/mol. The van der Waals surface area contributed by atoms with E-state index in [-0.39, 0.29) is 35.3 Å². The molecule has 0 spiro atoms. The second-order valence-electron chi connectivity index (χ2n) is 12.3. The molecular formula is C29H34FN3O7. The lowest BCUT2D eigenvalue weighted by atomic mass is 9.57. The Labute approximate surface area is 230 Å². The maximum absolute atomic E-state index is 16.1. The molecule has 3 saturated carbocycles. The Kier molecular flexibility index (Phi) is 6.14. The molecule has 0 aromatic heterocycles. The number of fused-ring (bicyclic) bond motifs is 3. The molecule has 1 aromatic rings. The van der Waals surface area contributed by atoms with Crippen LogP contribution in [0.5, 0.6) is 5.75 Å². The highest BCUT2D eigenvalue weighted by Gasteiger charge is 2.64. The zero-order valence-electron chi connectivity index (χ0n) is 22.5. The summed E-state index contributed by atoms with van der Waals surface area (Å²) in [6.45, 7) is 1.20. The number of aliphatic hydroxyl groups excluding tert-OH is 2. The van der Waals surface area contributed by atoms with Crippen LogP contribution < -0.4 is 5.73 Å². The van der Waals surface area contributed by atoms with Crippen molar-refractivity contribution in [3.8, 4) is 5.75 Å². The fraction of sp³-hybridized carbons (Fsp3) is 0.552. The van der Waals surface area contributed by atoms with E-state index in [1.54, 1.807) is 0 Å². The highest BCUT2D eigenvalue weighted by molar-refractivity contribution is 6.24. The third-order valence-electron chi connectivity index (χ3n) is 9.36. The van der Waals surface area contributed by atoms with Crippen molar-refractivity contribution in [3.63, 3.8) is 0 Å². The molecule has 0 heterocycles. The molecule has 4 atom stereocenters. The van der Waals surface area contributed by atoms with E-state index in [0.717, 1.165) is 32.2 Å². The Hall–Kier alpha value is -3.28. The summed E-state index contributed by atoms with van der Waals surface area (Å²) >= 11 is 0. The number of Topliss-reactive ketones (excluding diaryl/α,β-unsaturated/α-hetero) is 2. The number of ketones is 2. The molecule has 0 aliphatic heterocycles. The molecule has 10 nitrogen and oxygen atoms in total. The molecule has 0 bridgehead atoms. The molecule has 0 radical (unpaired) electrons. The summed E-state index contributed by atoms with van der Waals surface area (Å²) in [6.07, 6.45) is 4.29. The largest absolute Gasteiger partial charge is 0.508 e. The minimum Gasteiger partial charge on any atom is -0.508 e. The van der Waals surface area contributed by atoms with Gasteiger partial charge in [0.25, 0.3) is 5.91 Å². The minimum absolute atomic E-state index is 0.0617. The van der Waals surface area contributed by atoms with Crippen molar-refractivity contribution in [2.75, 3.05) is 20.6 Å². The third kappa shape index (κ3) is 3.89. The Morgan fingerprint density at radius 2 is 1.82 bits per heavy atom. The van der Waals surface area contributed by atoms with Crippen LogP contribution in [0.3, 0.4) is 0 Å². The number of amides is 1. The second-order valence-corrected chi connectivity index (χ2v) is 12.3. The molecule has 1 aromatic carbocycles. The molecule has 0 saturated heterocycles. The van der Waals surface area contributed by atoms with Crippen molar-refractivity contribution in [1.29, 1.82) is 0 Å². The van der Waals surface area contributed by atoms with Crippen LogP contribution in [0.4, 0.5) is 4.39 Å². The van der Waals surface area contributed by atoms with E-state index in [2.05, 4.69) is 4.90 Å². The number of likely N-dealkylation sites (N-methyl/N-ethyl adjacent to an activating group) is 1. The monoisotopic (exact) mass is 555 g/mol. The fourth-order valence-electron chi connectivity index (χ4n) is 7.10. The van der Waals surface area contributed by atoms with E-state index in [0.29, 0.717) is 24.1 Å². The third-order valence-corrected chi connectivity index (χ3v) is 9.36. The van der Waals surface area contributed by atoms with E-state index < -0.39 is 63.9 Å². The fourth-order valence-corrected chi connectivity index (χ4v) is 7.10. The molecule has 214 valence electrons. The topological polar surface area (TPSA) is 165 Å². The molecule has 3 fully saturated rings. The number of phenols is 1. The normalized spacial score (nSPS) is 30.1. The summed E-state index contributed by atoms with van der Waals surface area (Å²) in [6, 6.07) is 0.489. The maximum Gasteiger partial charge on any atom is 0.255 e. The Bertz CT molecular complexity index is 1410. The first kappa shape index (κ1) is 26.9. The van der Waals surface area contributed by atoms with E-state index in [9.17, 15) is 34.8 Å². The average molecular weight is 556 g/mol. The summed E-state index contributed by atoms with van der Waals surface area (Å²) in [5, 5.41) is 44.8. The molecule has 5 aliphatic carbocycles. The van der Waals surface area contributed by atoms with Gasteiger partial charge >= 0.3 is 0 Å². The summed E-state index contributed by atoms with van der Waals surface area (Å²) in [5.41, 5.74) is 1.62. The molecule has 6 rings (SSSR count). The Balaban J connectivity index is 1.44.